The fraction of sp³-hybridized carbons (Fsp3) is 0.278. The van der Waals surface area contributed by atoms with Crippen molar-refractivity contribution < 1.29 is 5.11 Å². The van der Waals surface area contributed by atoms with Crippen molar-refractivity contribution in [2.45, 2.75) is 19.4 Å². The van der Waals surface area contributed by atoms with E-state index < -0.39 is 0 Å². The maximum absolute atomic E-state index is 10.1. The van der Waals surface area contributed by atoms with Crippen LogP contribution < -0.4 is 5.32 Å². The summed E-state index contributed by atoms with van der Waals surface area (Å²) in [4.78, 5) is 5.40. The first-order valence-corrected chi connectivity index (χ1v) is 8.29. The number of aromatic nitrogens is 3. The fourth-order valence-electron chi connectivity index (χ4n) is 3.59. The molecule has 0 saturated heterocycles. The quantitative estimate of drug-likeness (QED) is 0.404. The van der Waals surface area contributed by atoms with Gasteiger partial charge in [-0.3, -0.25) is 5.41 Å². The van der Waals surface area contributed by atoms with Crippen molar-refractivity contribution in [1.29, 1.82) is 5.41 Å². The first-order valence-electron chi connectivity index (χ1n) is 8.29. The van der Waals surface area contributed by atoms with Gasteiger partial charge in [-0.1, -0.05) is 12.1 Å². The molecule has 0 bridgehead atoms. The second-order valence-corrected chi connectivity index (χ2v) is 6.24. The van der Waals surface area contributed by atoms with Gasteiger partial charge in [-0.2, -0.15) is 0 Å². The Bertz CT molecular complexity index is 963. The predicted molar refractivity (Wildman–Crippen MR) is 96.6 cm³/mol. The van der Waals surface area contributed by atoms with Crippen LogP contribution in [0.3, 0.4) is 0 Å². The molecule has 1 aliphatic heterocycles. The van der Waals surface area contributed by atoms with Gasteiger partial charge in [0.05, 0.1) is 11.7 Å². The van der Waals surface area contributed by atoms with E-state index in [2.05, 4.69) is 27.4 Å². The number of hydrogen-bond donors (Lipinski definition) is 4. The van der Waals surface area contributed by atoms with Crippen LogP contribution in [0.1, 0.15) is 24.2 Å². The highest BCUT2D eigenvalue weighted by atomic mass is 16.3. The van der Waals surface area contributed by atoms with Crippen molar-refractivity contribution in [1.82, 2.24) is 25.4 Å². The lowest BCUT2D eigenvalue weighted by Gasteiger charge is -2.35. The van der Waals surface area contributed by atoms with Gasteiger partial charge in [-0.15, -0.1) is 10.2 Å². The van der Waals surface area contributed by atoms with E-state index in [4.69, 9.17) is 5.41 Å². The van der Waals surface area contributed by atoms with Gasteiger partial charge in [0.15, 0.2) is 11.6 Å². The molecular formula is C18H20N6O. The molecule has 25 heavy (non-hydrogen) atoms. The van der Waals surface area contributed by atoms with Crippen LogP contribution in [0.2, 0.25) is 0 Å². The van der Waals surface area contributed by atoms with Crippen LogP contribution in [0.15, 0.2) is 30.3 Å². The van der Waals surface area contributed by atoms with E-state index in [1.807, 2.05) is 23.1 Å². The van der Waals surface area contributed by atoms with Crippen LogP contribution in [0.25, 0.3) is 22.3 Å². The summed E-state index contributed by atoms with van der Waals surface area (Å²) < 4.78 is 0. The number of guanidine groups is 1. The van der Waals surface area contributed by atoms with Gasteiger partial charge in [-0.25, -0.2) is 0 Å². The third-order valence-electron chi connectivity index (χ3n) is 4.87. The molecule has 0 saturated carbocycles. The lowest BCUT2D eigenvalue weighted by Crippen LogP contribution is -2.43. The molecule has 1 aliphatic rings. The van der Waals surface area contributed by atoms with Crippen molar-refractivity contribution in [3.05, 3.63) is 41.6 Å². The third kappa shape index (κ3) is 2.39. The number of aromatic amines is 1. The van der Waals surface area contributed by atoms with Gasteiger partial charge in [0.1, 0.15) is 5.75 Å². The van der Waals surface area contributed by atoms with Crippen molar-refractivity contribution >= 4 is 17.0 Å². The molecule has 1 atom stereocenters. The maximum atomic E-state index is 10.1. The summed E-state index contributed by atoms with van der Waals surface area (Å²) >= 11 is 0. The van der Waals surface area contributed by atoms with Gasteiger partial charge in [0.2, 0.25) is 0 Å². The van der Waals surface area contributed by atoms with Crippen molar-refractivity contribution in [2.75, 3.05) is 13.6 Å². The normalized spacial score (nSPS) is 16.7. The standard InChI is InChI=1S/C18H20N6O/c1-10-16-12-9-14(11-5-3-4-6-15(11)25)22-23-17(12)21-13(16)7-8-24(10)18(19)20-2/h3-6,9-10,25H,7-8H2,1-2H3,(H2,19,20)(H,21,23)/t10-/m0/s1. The number of phenolic OH excluding ortho intramolecular Hbond substituents is 1. The monoisotopic (exact) mass is 336 g/mol. The molecule has 0 radical (unpaired) electrons. The molecule has 0 aliphatic carbocycles. The Morgan fingerprint density at radius 1 is 1.36 bits per heavy atom. The summed E-state index contributed by atoms with van der Waals surface area (Å²) in [5.41, 5.74) is 4.34. The van der Waals surface area contributed by atoms with E-state index in [0.29, 0.717) is 17.2 Å². The van der Waals surface area contributed by atoms with Crippen LogP contribution in [-0.4, -0.2) is 44.7 Å². The first-order chi connectivity index (χ1) is 12.1. The first kappa shape index (κ1) is 15.4. The Morgan fingerprint density at radius 3 is 2.92 bits per heavy atom. The Balaban J connectivity index is 1.86. The van der Waals surface area contributed by atoms with Crippen LogP contribution >= 0.6 is 0 Å². The van der Waals surface area contributed by atoms with E-state index in [0.717, 1.165) is 35.3 Å². The number of H-pyrrole nitrogens is 1. The Kier molecular flexibility index (Phi) is 3.56. The molecule has 2 aromatic heterocycles. The van der Waals surface area contributed by atoms with Crippen LogP contribution in [0.4, 0.5) is 0 Å². The minimum absolute atomic E-state index is 0.0545. The topological polar surface area (TPSA) is 101 Å². The van der Waals surface area contributed by atoms with Crippen LogP contribution in [0, 0.1) is 5.41 Å². The average Bonchev–Trinajstić information content (AvgIpc) is 3.00. The highest BCUT2D eigenvalue weighted by Crippen LogP contribution is 2.36. The highest BCUT2D eigenvalue weighted by Gasteiger charge is 2.29. The number of nitrogens with zero attached hydrogens (tertiary/aromatic N) is 3. The van der Waals surface area contributed by atoms with Gasteiger partial charge in [0.25, 0.3) is 0 Å². The van der Waals surface area contributed by atoms with Gasteiger partial charge < -0.3 is 20.3 Å². The van der Waals surface area contributed by atoms with E-state index >= 15 is 0 Å². The fourth-order valence-corrected chi connectivity index (χ4v) is 3.59. The maximum Gasteiger partial charge on any atom is 0.191 e. The van der Waals surface area contributed by atoms with E-state index in [9.17, 15) is 5.11 Å². The summed E-state index contributed by atoms with van der Waals surface area (Å²) in [5, 5.41) is 30.7. The lowest BCUT2D eigenvalue weighted by atomic mass is 9.97. The van der Waals surface area contributed by atoms with Crippen molar-refractivity contribution in [3.8, 4) is 17.0 Å². The van der Waals surface area contributed by atoms with Crippen molar-refractivity contribution in [2.24, 2.45) is 0 Å². The number of aromatic hydroxyl groups is 1. The van der Waals surface area contributed by atoms with Gasteiger partial charge >= 0.3 is 0 Å². The molecule has 7 nitrogen and oxygen atoms in total. The Morgan fingerprint density at radius 2 is 2.16 bits per heavy atom. The number of phenols is 1. The smallest absolute Gasteiger partial charge is 0.191 e. The average molecular weight is 336 g/mol. The number of rotatable bonds is 1. The molecule has 0 amide bonds. The van der Waals surface area contributed by atoms with Gasteiger partial charge in [-0.05, 0) is 25.1 Å². The van der Waals surface area contributed by atoms with Crippen LogP contribution in [-0.2, 0) is 6.42 Å². The largest absolute Gasteiger partial charge is 0.507 e. The molecule has 0 fully saturated rings. The zero-order chi connectivity index (χ0) is 17.6. The molecule has 4 N–H and O–H groups in total. The molecule has 3 aromatic rings. The Hall–Kier alpha value is -3.09. The summed E-state index contributed by atoms with van der Waals surface area (Å²) in [6, 6.07) is 9.15. The molecule has 4 rings (SSSR count). The number of benzene rings is 1. The molecule has 3 heterocycles. The minimum atomic E-state index is 0.0545. The molecule has 128 valence electrons. The van der Waals surface area contributed by atoms with Crippen molar-refractivity contribution in [3.63, 3.8) is 0 Å². The highest BCUT2D eigenvalue weighted by molar-refractivity contribution is 5.87. The number of fused-ring (bicyclic) bond motifs is 3. The zero-order valence-electron chi connectivity index (χ0n) is 14.2. The summed E-state index contributed by atoms with van der Waals surface area (Å²) in [5.74, 6) is 0.600. The van der Waals surface area contributed by atoms with E-state index in [1.54, 1.807) is 19.2 Å². The molecule has 1 aromatic carbocycles. The second kappa shape index (κ2) is 5.77. The molecule has 0 unspecified atom stereocenters. The Labute approximate surface area is 145 Å². The summed E-state index contributed by atoms with van der Waals surface area (Å²) in [6.07, 6.45) is 0.825. The SMILES string of the molecule is CNC(=N)N1CCc2[nH]c3nnc(-c4ccccc4O)cc3c2[C@@H]1C. The minimum Gasteiger partial charge on any atom is -0.507 e. The number of hydrogen-bond acceptors (Lipinski definition) is 4. The lowest BCUT2D eigenvalue weighted by molar-refractivity contribution is 0.308. The zero-order valence-corrected chi connectivity index (χ0v) is 14.2. The molecular weight excluding hydrogens is 316 g/mol. The third-order valence-corrected chi connectivity index (χ3v) is 4.87. The van der Waals surface area contributed by atoms with E-state index in [1.165, 1.54) is 0 Å². The van der Waals surface area contributed by atoms with Gasteiger partial charge in [0, 0.05) is 42.2 Å². The van der Waals surface area contributed by atoms with Crippen LogP contribution in [0.5, 0.6) is 5.75 Å². The predicted octanol–water partition coefficient (Wildman–Crippen LogP) is 2.40. The summed E-state index contributed by atoms with van der Waals surface area (Å²) in [7, 11) is 1.77. The number of para-hydroxylation sites is 1. The molecule has 7 heteroatoms. The summed E-state index contributed by atoms with van der Waals surface area (Å²) in [6.45, 7) is 2.87. The second-order valence-electron chi connectivity index (χ2n) is 6.24. The number of nitrogens with one attached hydrogen (secondary N) is 3. The molecule has 0 spiro atoms. The van der Waals surface area contributed by atoms with E-state index in [-0.39, 0.29) is 11.8 Å².